The van der Waals surface area contributed by atoms with Crippen molar-refractivity contribution in [2.45, 2.75) is 45.1 Å². The van der Waals surface area contributed by atoms with E-state index in [0.717, 1.165) is 24.0 Å². The van der Waals surface area contributed by atoms with Gasteiger partial charge in [-0.05, 0) is 50.5 Å². The molecule has 0 bridgehead atoms. The van der Waals surface area contributed by atoms with E-state index in [1.165, 1.54) is 12.8 Å². The van der Waals surface area contributed by atoms with E-state index >= 15 is 0 Å². The molecule has 1 saturated carbocycles. The molecular formula is C17H21NO2. The number of aryl methyl sites for hydroxylation is 1. The molecule has 20 heavy (non-hydrogen) atoms. The number of aliphatic hydroxyl groups is 1. The van der Waals surface area contributed by atoms with E-state index in [1.807, 2.05) is 19.1 Å². The highest BCUT2D eigenvalue weighted by molar-refractivity contribution is 5.95. The molecule has 0 saturated heterocycles. The SMILES string of the molecule is Cc1cc(C#CCO)cc(C(=O)NC2(C)CCCC2)c1. The second kappa shape index (κ2) is 6.11. The van der Waals surface area contributed by atoms with Crippen molar-refractivity contribution in [2.75, 3.05) is 6.61 Å². The van der Waals surface area contributed by atoms with Crippen LogP contribution in [0.3, 0.4) is 0 Å². The quantitative estimate of drug-likeness (QED) is 0.812. The van der Waals surface area contributed by atoms with E-state index in [0.29, 0.717) is 5.56 Å². The van der Waals surface area contributed by atoms with E-state index in [2.05, 4.69) is 24.1 Å². The molecule has 0 aliphatic heterocycles. The summed E-state index contributed by atoms with van der Waals surface area (Å²) in [6.45, 7) is 3.88. The second-order valence-electron chi connectivity index (χ2n) is 5.77. The first-order valence-corrected chi connectivity index (χ1v) is 7.06. The summed E-state index contributed by atoms with van der Waals surface area (Å²) in [4.78, 5) is 12.4. The minimum absolute atomic E-state index is 0.0369. The fourth-order valence-corrected chi connectivity index (χ4v) is 2.75. The molecule has 106 valence electrons. The molecule has 1 aliphatic carbocycles. The van der Waals surface area contributed by atoms with Crippen LogP contribution in [0.2, 0.25) is 0 Å². The molecule has 1 aromatic carbocycles. The molecule has 3 nitrogen and oxygen atoms in total. The fourth-order valence-electron chi connectivity index (χ4n) is 2.75. The first-order valence-electron chi connectivity index (χ1n) is 7.06. The number of carbonyl (C=O) groups excluding carboxylic acids is 1. The van der Waals surface area contributed by atoms with Crippen molar-refractivity contribution in [3.63, 3.8) is 0 Å². The molecule has 0 unspecified atom stereocenters. The highest BCUT2D eigenvalue weighted by Gasteiger charge is 2.30. The van der Waals surface area contributed by atoms with Crippen LogP contribution in [0.5, 0.6) is 0 Å². The van der Waals surface area contributed by atoms with Crippen molar-refractivity contribution in [3.05, 3.63) is 34.9 Å². The average Bonchev–Trinajstić information content (AvgIpc) is 2.82. The zero-order valence-electron chi connectivity index (χ0n) is 12.1. The molecule has 3 heteroatoms. The summed E-state index contributed by atoms with van der Waals surface area (Å²) in [5.41, 5.74) is 2.33. The number of rotatable bonds is 2. The van der Waals surface area contributed by atoms with Crippen LogP contribution in [-0.4, -0.2) is 23.2 Å². The van der Waals surface area contributed by atoms with Crippen molar-refractivity contribution < 1.29 is 9.90 Å². The normalized spacial score (nSPS) is 16.4. The minimum Gasteiger partial charge on any atom is -0.384 e. The Bertz CT molecular complexity index is 560. The highest BCUT2D eigenvalue weighted by atomic mass is 16.2. The topological polar surface area (TPSA) is 49.3 Å². The number of aliphatic hydroxyl groups excluding tert-OH is 1. The van der Waals surface area contributed by atoms with Gasteiger partial charge < -0.3 is 10.4 Å². The first-order chi connectivity index (χ1) is 9.52. The third kappa shape index (κ3) is 3.61. The largest absolute Gasteiger partial charge is 0.384 e. The molecule has 1 aromatic rings. The van der Waals surface area contributed by atoms with Crippen LogP contribution >= 0.6 is 0 Å². The lowest BCUT2D eigenvalue weighted by atomic mass is 9.99. The van der Waals surface area contributed by atoms with Crippen molar-refractivity contribution in [2.24, 2.45) is 0 Å². The van der Waals surface area contributed by atoms with Crippen molar-refractivity contribution in [1.82, 2.24) is 5.32 Å². The number of hydrogen-bond donors (Lipinski definition) is 2. The summed E-state index contributed by atoms with van der Waals surface area (Å²) in [5, 5.41) is 11.9. The number of carbonyl (C=O) groups is 1. The number of hydrogen-bond acceptors (Lipinski definition) is 2. The lowest BCUT2D eigenvalue weighted by Gasteiger charge is -2.25. The minimum atomic E-state index is -0.173. The molecular weight excluding hydrogens is 250 g/mol. The maximum absolute atomic E-state index is 12.4. The number of benzene rings is 1. The van der Waals surface area contributed by atoms with Crippen LogP contribution in [0.25, 0.3) is 0 Å². The summed E-state index contributed by atoms with van der Waals surface area (Å²) in [7, 11) is 0. The summed E-state index contributed by atoms with van der Waals surface area (Å²) in [5.74, 6) is 5.43. The number of amides is 1. The van der Waals surface area contributed by atoms with Gasteiger partial charge in [-0.15, -0.1) is 0 Å². The Labute approximate surface area is 120 Å². The summed E-state index contributed by atoms with van der Waals surface area (Å²) >= 11 is 0. The van der Waals surface area contributed by atoms with Crippen LogP contribution in [0.1, 0.15) is 54.1 Å². The van der Waals surface area contributed by atoms with E-state index in [9.17, 15) is 4.79 Å². The van der Waals surface area contributed by atoms with Gasteiger partial charge in [0.1, 0.15) is 6.61 Å². The zero-order chi connectivity index (χ0) is 14.6. The van der Waals surface area contributed by atoms with Gasteiger partial charge in [0.25, 0.3) is 5.91 Å². The Balaban J connectivity index is 2.19. The fraction of sp³-hybridized carbons (Fsp3) is 0.471. The zero-order valence-corrected chi connectivity index (χ0v) is 12.1. The summed E-state index contributed by atoms with van der Waals surface area (Å²) < 4.78 is 0. The number of nitrogens with one attached hydrogen (secondary N) is 1. The van der Waals surface area contributed by atoms with E-state index in [-0.39, 0.29) is 18.1 Å². The van der Waals surface area contributed by atoms with Gasteiger partial charge in [-0.25, -0.2) is 0 Å². The summed E-state index contributed by atoms with van der Waals surface area (Å²) in [6.07, 6.45) is 4.44. The van der Waals surface area contributed by atoms with E-state index < -0.39 is 0 Å². The molecule has 0 spiro atoms. The van der Waals surface area contributed by atoms with Crippen molar-refractivity contribution >= 4 is 5.91 Å². The molecule has 1 fully saturated rings. The maximum atomic E-state index is 12.4. The predicted molar refractivity (Wildman–Crippen MR) is 79.5 cm³/mol. The third-order valence-corrected chi connectivity index (χ3v) is 3.77. The van der Waals surface area contributed by atoms with Gasteiger partial charge in [0.2, 0.25) is 0 Å². The first kappa shape index (κ1) is 14.6. The Kier molecular flexibility index (Phi) is 4.46. The molecule has 1 aliphatic rings. The van der Waals surface area contributed by atoms with Crippen molar-refractivity contribution in [3.8, 4) is 11.8 Å². The van der Waals surface area contributed by atoms with Gasteiger partial charge in [0.05, 0.1) is 0 Å². The summed E-state index contributed by atoms with van der Waals surface area (Å²) in [6, 6.07) is 5.57. The van der Waals surface area contributed by atoms with Crippen LogP contribution in [0.15, 0.2) is 18.2 Å². The third-order valence-electron chi connectivity index (χ3n) is 3.77. The molecule has 2 rings (SSSR count). The van der Waals surface area contributed by atoms with Crippen LogP contribution in [-0.2, 0) is 0 Å². The Morgan fingerprint density at radius 2 is 2.05 bits per heavy atom. The Hall–Kier alpha value is -1.79. The van der Waals surface area contributed by atoms with Crippen molar-refractivity contribution in [1.29, 1.82) is 0 Å². The predicted octanol–water partition coefficient (Wildman–Crippen LogP) is 2.40. The smallest absolute Gasteiger partial charge is 0.251 e. The molecule has 2 N–H and O–H groups in total. The van der Waals surface area contributed by atoms with Gasteiger partial charge in [-0.3, -0.25) is 4.79 Å². The average molecular weight is 271 g/mol. The van der Waals surface area contributed by atoms with Crippen LogP contribution in [0, 0.1) is 18.8 Å². The monoisotopic (exact) mass is 271 g/mol. The lowest BCUT2D eigenvalue weighted by molar-refractivity contribution is 0.0908. The van der Waals surface area contributed by atoms with Crippen LogP contribution in [0.4, 0.5) is 0 Å². The van der Waals surface area contributed by atoms with E-state index in [1.54, 1.807) is 6.07 Å². The molecule has 0 atom stereocenters. The van der Waals surface area contributed by atoms with Gasteiger partial charge in [-0.1, -0.05) is 24.7 Å². The standard InChI is InChI=1S/C17H21NO2/c1-13-10-14(6-5-9-19)12-15(11-13)16(20)18-17(2)7-3-4-8-17/h10-12,19H,3-4,7-9H2,1-2H3,(H,18,20). The van der Waals surface area contributed by atoms with Crippen LogP contribution < -0.4 is 5.32 Å². The molecule has 0 heterocycles. The Morgan fingerprint density at radius 3 is 2.70 bits per heavy atom. The van der Waals surface area contributed by atoms with E-state index in [4.69, 9.17) is 5.11 Å². The highest BCUT2D eigenvalue weighted by Crippen LogP contribution is 2.29. The maximum Gasteiger partial charge on any atom is 0.251 e. The van der Waals surface area contributed by atoms with Gasteiger partial charge >= 0.3 is 0 Å². The Morgan fingerprint density at radius 1 is 1.35 bits per heavy atom. The van der Waals surface area contributed by atoms with Gasteiger partial charge in [0, 0.05) is 16.7 Å². The van der Waals surface area contributed by atoms with Gasteiger partial charge in [0.15, 0.2) is 0 Å². The molecule has 0 radical (unpaired) electrons. The molecule has 1 amide bonds. The lowest BCUT2D eigenvalue weighted by Crippen LogP contribution is -2.43. The molecule has 0 aromatic heterocycles. The second-order valence-corrected chi connectivity index (χ2v) is 5.77. The van der Waals surface area contributed by atoms with Gasteiger partial charge in [-0.2, -0.15) is 0 Å².